The van der Waals surface area contributed by atoms with E-state index in [0.717, 1.165) is 5.33 Å². The molecule has 16 heavy (non-hydrogen) atoms. The van der Waals surface area contributed by atoms with Crippen LogP contribution in [0, 0.1) is 11.9 Å². The van der Waals surface area contributed by atoms with Gasteiger partial charge in [0.1, 0.15) is 5.69 Å². The normalized spacial score (nSPS) is 20.6. The summed E-state index contributed by atoms with van der Waals surface area (Å²) in [6.45, 7) is 0.541. The van der Waals surface area contributed by atoms with Crippen molar-refractivity contribution in [2.45, 2.75) is 6.42 Å². The molecule has 86 valence electrons. The van der Waals surface area contributed by atoms with E-state index in [0.29, 0.717) is 17.4 Å². The Kier molecular flexibility index (Phi) is 3.59. The summed E-state index contributed by atoms with van der Waals surface area (Å²) in [6.07, 6.45) is 1.83. The minimum absolute atomic E-state index is 0.0525. The van der Waals surface area contributed by atoms with Gasteiger partial charge in [-0.25, -0.2) is 4.98 Å². The number of carbonyl (C=O) groups is 1. The first kappa shape index (κ1) is 12.0. The van der Waals surface area contributed by atoms with Crippen molar-refractivity contribution in [3.8, 4) is 0 Å². The Labute approximate surface area is 109 Å². The van der Waals surface area contributed by atoms with Crippen molar-refractivity contribution in [2.24, 2.45) is 5.92 Å². The molecule has 1 unspecified atom stereocenters. The lowest BCUT2D eigenvalue weighted by molar-refractivity contribution is -0.117. The highest BCUT2D eigenvalue weighted by molar-refractivity contribution is 9.10. The van der Waals surface area contributed by atoms with E-state index in [-0.39, 0.29) is 17.5 Å². The maximum absolute atomic E-state index is 13.5. The topological polar surface area (TPSA) is 33.2 Å². The van der Waals surface area contributed by atoms with Gasteiger partial charge in [0, 0.05) is 29.0 Å². The van der Waals surface area contributed by atoms with Crippen LogP contribution in [-0.2, 0) is 4.79 Å². The van der Waals surface area contributed by atoms with Gasteiger partial charge in [0.15, 0.2) is 0 Å². The lowest BCUT2D eigenvalue weighted by Gasteiger charge is -2.16. The molecule has 6 heteroatoms. The zero-order chi connectivity index (χ0) is 11.7. The first-order chi connectivity index (χ1) is 7.61. The van der Waals surface area contributed by atoms with Crippen LogP contribution in [0.5, 0.6) is 0 Å². The van der Waals surface area contributed by atoms with Crippen LogP contribution in [0.1, 0.15) is 6.42 Å². The highest BCUT2D eigenvalue weighted by Gasteiger charge is 2.31. The summed E-state index contributed by atoms with van der Waals surface area (Å²) in [5.74, 6) is -0.416. The lowest BCUT2D eigenvalue weighted by atomic mass is 10.2. The molecule has 0 bridgehead atoms. The molecule has 2 heterocycles. The number of alkyl halides is 1. The van der Waals surface area contributed by atoms with Crippen molar-refractivity contribution in [1.82, 2.24) is 4.98 Å². The molecule has 0 aliphatic carbocycles. The van der Waals surface area contributed by atoms with Crippen LogP contribution < -0.4 is 4.90 Å². The molecule has 0 N–H and O–H groups in total. The summed E-state index contributed by atoms with van der Waals surface area (Å²) in [5.41, 5.74) is 0.253. The number of anilines is 1. The monoisotopic (exact) mass is 350 g/mol. The van der Waals surface area contributed by atoms with Gasteiger partial charge in [0.25, 0.3) is 0 Å². The molecule has 2 rings (SSSR count). The van der Waals surface area contributed by atoms with Crippen molar-refractivity contribution >= 4 is 43.5 Å². The largest absolute Gasteiger partial charge is 0.308 e. The zero-order valence-electron chi connectivity index (χ0n) is 8.29. The molecule has 1 aromatic heterocycles. The van der Waals surface area contributed by atoms with Gasteiger partial charge >= 0.3 is 0 Å². The molecular formula is C10H9Br2FN2O. The molecule has 3 nitrogen and oxygen atoms in total. The van der Waals surface area contributed by atoms with Gasteiger partial charge in [0.05, 0.1) is 0 Å². The number of hydrogen-bond donors (Lipinski definition) is 0. The molecule has 1 saturated heterocycles. The summed E-state index contributed by atoms with van der Waals surface area (Å²) >= 11 is 6.56. The summed E-state index contributed by atoms with van der Waals surface area (Å²) in [5, 5.41) is 0.748. The third-order valence-corrected chi connectivity index (χ3v) is 3.85. The van der Waals surface area contributed by atoms with E-state index in [4.69, 9.17) is 0 Å². The number of amides is 1. The first-order valence-corrected chi connectivity index (χ1v) is 6.70. The fourth-order valence-electron chi connectivity index (χ4n) is 1.72. The van der Waals surface area contributed by atoms with E-state index in [9.17, 15) is 9.18 Å². The van der Waals surface area contributed by atoms with Crippen LogP contribution in [0.3, 0.4) is 0 Å². The van der Waals surface area contributed by atoms with Crippen molar-refractivity contribution < 1.29 is 9.18 Å². The molecule has 1 atom stereocenters. The van der Waals surface area contributed by atoms with Gasteiger partial charge in [-0.2, -0.15) is 4.39 Å². The van der Waals surface area contributed by atoms with Crippen molar-refractivity contribution in [2.75, 3.05) is 16.8 Å². The molecule has 0 radical (unpaired) electrons. The predicted molar refractivity (Wildman–Crippen MR) is 66.1 cm³/mol. The van der Waals surface area contributed by atoms with E-state index < -0.39 is 5.95 Å². The second-order valence-corrected chi connectivity index (χ2v) is 5.26. The van der Waals surface area contributed by atoms with Crippen molar-refractivity contribution in [1.29, 1.82) is 0 Å². The molecular weight excluding hydrogens is 343 g/mol. The average Bonchev–Trinajstić information content (AvgIpc) is 2.63. The average molecular weight is 352 g/mol. The minimum Gasteiger partial charge on any atom is -0.308 e. The third-order valence-electron chi connectivity index (χ3n) is 2.50. The number of rotatable bonds is 2. The van der Waals surface area contributed by atoms with E-state index in [1.165, 1.54) is 11.1 Å². The number of nitrogens with zero attached hydrogens (tertiary/aromatic N) is 2. The number of hydrogen-bond acceptors (Lipinski definition) is 2. The number of pyridine rings is 1. The minimum atomic E-state index is -0.605. The number of carbonyl (C=O) groups excluding carboxylic acids is 1. The Bertz CT molecular complexity index is 427. The van der Waals surface area contributed by atoms with Gasteiger partial charge in [-0.1, -0.05) is 15.9 Å². The van der Waals surface area contributed by atoms with Crippen LogP contribution >= 0.6 is 31.9 Å². The Balaban J connectivity index is 2.30. The quantitative estimate of drug-likeness (QED) is 0.606. The van der Waals surface area contributed by atoms with E-state index >= 15 is 0 Å². The van der Waals surface area contributed by atoms with Crippen LogP contribution in [0.2, 0.25) is 0 Å². The Hall–Kier alpha value is -0.490. The molecule has 1 aliphatic rings. The summed E-state index contributed by atoms with van der Waals surface area (Å²) < 4.78 is 14.2. The van der Waals surface area contributed by atoms with Crippen molar-refractivity contribution in [3.05, 3.63) is 22.7 Å². The van der Waals surface area contributed by atoms with Crippen LogP contribution in [0.25, 0.3) is 0 Å². The second-order valence-electron chi connectivity index (χ2n) is 3.69. The first-order valence-electron chi connectivity index (χ1n) is 4.79. The van der Waals surface area contributed by atoms with Crippen molar-refractivity contribution in [3.63, 3.8) is 0 Å². The van der Waals surface area contributed by atoms with Gasteiger partial charge in [-0.3, -0.25) is 4.79 Å². The fraction of sp³-hybridized carbons (Fsp3) is 0.400. The van der Waals surface area contributed by atoms with E-state index in [2.05, 4.69) is 36.8 Å². The van der Waals surface area contributed by atoms with E-state index in [1.54, 1.807) is 6.07 Å². The Morgan fingerprint density at radius 3 is 3.00 bits per heavy atom. The fourth-order valence-corrected chi connectivity index (χ4v) is 2.47. The smallest absolute Gasteiger partial charge is 0.236 e. The summed E-state index contributed by atoms with van der Waals surface area (Å²) in [4.78, 5) is 16.7. The standard InChI is InChI=1S/C10H9Br2FN2O/c11-3-6-1-9(16)15(5-6)8-2-7(12)4-14-10(8)13/h2,4,6H,1,3,5H2. The van der Waals surface area contributed by atoms with Crippen LogP contribution in [-0.4, -0.2) is 22.8 Å². The molecule has 1 amide bonds. The SMILES string of the molecule is O=C1CC(CBr)CN1c1cc(Br)cnc1F. The molecule has 1 fully saturated rings. The highest BCUT2D eigenvalue weighted by Crippen LogP contribution is 2.29. The lowest BCUT2D eigenvalue weighted by Crippen LogP contribution is -2.26. The second kappa shape index (κ2) is 4.79. The number of aromatic nitrogens is 1. The van der Waals surface area contributed by atoms with Gasteiger partial charge in [0.2, 0.25) is 11.9 Å². The summed E-state index contributed by atoms with van der Waals surface area (Å²) in [7, 11) is 0. The van der Waals surface area contributed by atoms with Crippen LogP contribution in [0.15, 0.2) is 16.7 Å². The molecule has 1 aromatic rings. The molecule has 0 saturated carbocycles. The van der Waals surface area contributed by atoms with Crippen LogP contribution in [0.4, 0.5) is 10.1 Å². The van der Waals surface area contributed by atoms with Gasteiger partial charge in [-0.15, -0.1) is 0 Å². The molecule has 0 aromatic carbocycles. The zero-order valence-corrected chi connectivity index (χ0v) is 11.5. The predicted octanol–water partition coefficient (Wildman–Crippen LogP) is 2.73. The maximum Gasteiger partial charge on any atom is 0.236 e. The van der Waals surface area contributed by atoms with Gasteiger partial charge in [-0.05, 0) is 27.9 Å². The maximum atomic E-state index is 13.5. The Morgan fingerprint density at radius 2 is 2.38 bits per heavy atom. The van der Waals surface area contributed by atoms with Gasteiger partial charge < -0.3 is 4.90 Å². The molecule has 0 spiro atoms. The summed E-state index contributed by atoms with van der Waals surface area (Å²) in [6, 6.07) is 1.58. The molecule has 1 aliphatic heterocycles. The van der Waals surface area contributed by atoms with E-state index in [1.807, 2.05) is 0 Å². The number of halogens is 3. The third kappa shape index (κ3) is 2.27. The highest BCUT2D eigenvalue weighted by atomic mass is 79.9. The Morgan fingerprint density at radius 1 is 1.62 bits per heavy atom.